The van der Waals surface area contributed by atoms with Crippen molar-refractivity contribution in [1.29, 1.82) is 0 Å². The molecular formula is C21H20ClN3O. The molecule has 1 saturated carbocycles. The molecule has 3 aromatic rings. The molecule has 1 aliphatic carbocycles. The number of carbonyl (C=O) groups is 1. The molecule has 0 bridgehead atoms. The molecule has 1 amide bonds. The number of fused-ring (bicyclic) bond motifs is 1. The summed E-state index contributed by atoms with van der Waals surface area (Å²) >= 11 is 6.44. The molecule has 26 heavy (non-hydrogen) atoms. The van der Waals surface area contributed by atoms with Gasteiger partial charge in [0.25, 0.3) is 0 Å². The zero-order valence-electron chi connectivity index (χ0n) is 14.4. The molecule has 4 nitrogen and oxygen atoms in total. The zero-order valence-corrected chi connectivity index (χ0v) is 15.1. The number of pyridine rings is 1. The summed E-state index contributed by atoms with van der Waals surface area (Å²) in [5.41, 5.74) is 8.98. The normalized spacial score (nSPS) is 14.1. The van der Waals surface area contributed by atoms with Gasteiger partial charge in [-0.2, -0.15) is 0 Å². The summed E-state index contributed by atoms with van der Waals surface area (Å²) in [6.45, 7) is 1.58. The van der Waals surface area contributed by atoms with E-state index in [0.717, 1.165) is 35.1 Å². The first kappa shape index (κ1) is 17.0. The Labute approximate surface area is 157 Å². The fraction of sp³-hybridized carbons (Fsp3) is 0.238. The van der Waals surface area contributed by atoms with Gasteiger partial charge in [-0.3, -0.25) is 9.69 Å². The van der Waals surface area contributed by atoms with Gasteiger partial charge in [0.1, 0.15) is 5.15 Å². The molecule has 1 fully saturated rings. The predicted molar refractivity (Wildman–Crippen MR) is 104 cm³/mol. The van der Waals surface area contributed by atoms with E-state index < -0.39 is 5.91 Å². The minimum Gasteiger partial charge on any atom is -0.366 e. The maximum Gasteiger partial charge on any atom is 0.248 e. The Morgan fingerprint density at radius 2 is 1.85 bits per heavy atom. The van der Waals surface area contributed by atoms with Crippen LogP contribution in [0.15, 0.2) is 54.6 Å². The third-order valence-electron chi connectivity index (χ3n) is 4.81. The lowest BCUT2D eigenvalue weighted by atomic mass is 10.1. The number of amides is 1. The van der Waals surface area contributed by atoms with Crippen molar-refractivity contribution in [2.75, 3.05) is 0 Å². The summed E-state index contributed by atoms with van der Waals surface area (Å²) in [5, 5.41) is 1.67. The van der Waals surface area contributed by atoms with Crippen molar-refractivity contribution in [1.82, 2.24) is 9.88 Å². The van der Waals surface area contributed by atoms with Crippen LogP contribution in [0.5, 0.6) is 0 Å². The van der Waals surface area contributed by atoms with Crippen molar-refractivity contribution in [2.24, 2.45) is 5.73 Å². The Balaban J connectivity index is 1.56. The first-order valence-electron chi connectivity index (χ1n) is 8.77. The minimum absolute atomic E-state index is 0.399. The van der Waals surface area contributed by atoms with Crippen LogP contribution in [-0.2, 0) is 13.1 Å². The number of primary amides is 1. The lowest BCUT2D eigenvalue weighted by molar-refractivity contribution is 0.100. The highest BCUT2D eigenvalue weighted by atomic mass is 35.5. The van der Waals surface area contributed by atoms with Crippen LogP contribution in [0.3, 0.4) is 0 Å². The Kier molecular flexibility index (Phi) is 4.62. The van der Waals surface area contributed by atoms with Gasteiger partial charge in [0.05, 0.1) is 5.52 Å². The van der Waals surface area contributed by atoms with Crippen LogP contribution in [0.1, 0.15) is 34.3 Å². The van der Waals surface area contributed by atoms with Crippen LogP contribution >= 0.6 is 11.6 Å². The number of aromatic nitrogens is 1. The molecule has 1 aromatic heterocycles. The highest BCUT2D eigenvalue weighted by Crippen LogP contribution is 2.31. The molecule has 0 radical (unpaired) electrons. The van der Waals surface area contributed by atoms with Gasteiger partial charge >= 0.3 is 0 Å². The van der Waals surface area contributed by atoms with Crippen molar-refractivity contribution >= 4 is 28.4 Å². The lowest BCUT2D eigenvalue weighted by Crippen LogP contribution is -2.25. The largest absolute Gasteiger partial charge is 0.366 e. The number of hydrogen-bond acceptors (Lipinski definition) is 3. The van der Waals surface area contributed by atoms with Crippen molar-refractivity contribution in [3.8, 4) is 0 Å². The van der Waals surface area contributed by atoms with Gasteiger partial charge in [-0.25, -0.2) is 4.98 Å². The molecule has 1 aliphatic rings. The van der Waals surface area contributed by atoms with Crippen LogP contribution in [0.2, 0.25) is 5.15 Å². The number of hydrogen-bond donors (Lipinski definition) is 1. The second kappa shape index (κ2) is 7.06. The summed E-state index contributed by atoms with van der Waals surface area (Å²) in [4.78, 5) is 18.2. The predicted octanol–water partition coefficient (Wildman–Crippen LogP) is 4.15. The summed E-state index contributed by atoms with van der Waals surface area (Å²) in [6, 6.07) is 18.2. The Morgan fingerprint density at radius 1 is 1.12 bits per heavy atom. The van der Waals surface area contributed by atoms with Gasteiger partial charge < -0.3 is 5.73 Å². The Bertz CT molecular complexity index is 951. The fourth-order valence-electron chi connectivity index (χ4n) is 3.23. The third kappa shape index (κ3) is 3.71. The van der Waals surface area contributed by atoms with Crippen LogP contribution in [-0.4, -0.2) is 21.8 Å². The number of rotatable bonds is 6. The quantitative estimate of drug-likeness (QED) is 0.667. The van der Waals surface area contributed by atoms with Gasteiger partial charge in [-0.05, 0) is 42.7 Å². The van der Waals surface area contributed by atoms with E-state index in [1.54, 1.807) is 12.1 Å². The van der Waals surface area contributed by atoms with Crippen LogP contribution in [0.4, 0.5) is 0 Å². The van der Waals surface area contributed by atoms with Crippen molar-refractivity contribution in [3.05, 3.63) is 76.4 Å². The molecular weight excluding hydrogens is 346 g/mol. The lowest BCUT2D eigenvalue weighted by Gasteiger charge is -2.23. The van der Waals surface area contributed by atoms with Gasteiger partial charge in [-0.15, -0.1) is 0 Å². The van der Waals surface area contributed by atoms with Crippen molar-refractivity contribution in [2.45, 2.75) is 32.0 Å². The highest BCUT2D eigenvalue weighted by Gasteiger charge is 2.29. The molecule has 1 heterocycles. The van der Waals surface area contributed by atoms with Crippen LogP contribution in [0, 0.1) is 0 Å². The van der Waals surface area contributed by atoms with E-state index in [0.29, 0.717) is 16.8 Å². The molecule has 0 aliphatic heterocycles. The van der Waals surface area contributed by atoms with E-state index >= 15 is 0 Å². The van der Waals surface area contributed by atoms with E-state index in [1.807, 2.05) is 30.3 Å². The van der Waals surface area contributed by atoms with Crippen molar-refractivity contribution in [3.63, 3.8) is 0 Å². The number of halogens is 1. The van der Waals surface area contributed by atoms with Crippen LogP contribution < -0.4 is 5.73 Å². The van der Waals surface area contributed by atoms with Crippen LogP contribution in [0.25, 0.3) is 10.9 Å². The first-order chi connectivity index (χ1) is 12.6. The number of nitrogens with zero attached hydrogens (tertiary/aromatic N) is 2. The third-order valence-corrected chi connectivity index (χ3v) is 5.14. The van der Waals surface area contributed by atoms with E-state index in [1.165, 1.54) is 12.8 Å². The van der Waals surface area contributed by atoms with E-state index in [-0.39, 0.29) is 0 Å². The minimum atomic E-state index is -0.399. The van der Waals surface area contributed by atoms with E-state index in [4.69, 9.17) is 17.3 Å². The Hall–Kier alpha value is -2.43. The Morgan fingerprint density at radius 3 is 2.54 bits per heavy atom. The molecule has 2 N–H and O–H groups in total. The standard InChI is InChI=1S/C21H20ClN3O/c22-20-17(11-16-3-1-2-4-19(16)24-20)13-25(18-9-10-18)12-14-5-7-15(8-6-14)21(23)26/h1-8,11,18H,9-10,12-13H2,(H2,23,26). The number of para-hydroxylation sites is 1. The average molecular weight is 366 g/mol. The highest BCUT2D eigenvalue weighted by molar-refractivity contribution is 6.30. The first-order valence-corrected chi connectivity index (χ1v) is 9.15. The molecule has 0 atom stereocenters. The fourth-order valence-corrected chi connectivity index (χ4v) is 3.43. The summed E-state index contributed by atoms with van der Waals surface area (Å²) in [5.74, 6) is -0.399. The molecule has 5 heteroatoms. The maximum atomic E-state index is 11.2. The summed E-state index contributed by atoms with van der Waals surface area (Å²) < 4.78 is 0. The van der Waals surface area contributed by atoms with E-state index in [9.17, 15) is 4.79 Å². The summed E-state index contributed by atoms with van der Waals surface area (Å²) in [6.07, 6.45) is 2.41. The number of nitrogens with two attached hydrogens (primary N) is 1. The van der Waals surface area contributed by atoms with Crippen molar-refractivity contribution < 1.29 is 4.79 Å². The molecule has 2 aromatic carbocycles. The maximum absolute atomic E-state index is 11.2. The molecule has 0 unspecified atom stereocenters. The van der Waals surface area contributed by atoms with Gasteiger partial charge in [0, 0.05) is 35.6 Å². The second-order valence-corrected chi connectivity index (χ2v) is 7.19. The van der Waals surface area contributed by atoms with Gasteiger partial charge in [0.15, 0.2) is 0 Å². The van der Waals surface area contributed by atoms with E-state index in [2.05, 4.69) is 22.0 Å². The smallest absolute Gasteiger partial charge is 0.248 e. The van der Waals surface area contributed by atoms with Gasteiger partial charge in [-0.1, -0.05) is 41.9 Å². The summed E-state index contributed by atoms with van der Waals surface area (Å²) in [7, 11) is 0. The average Bonchev–Trinajstić information content (AvgIpc) is 3.47. The topological polar surface area (TPSA) is 59.2 Å². The number of benzene rings is 2. The SMILES string of the molecule is NC(=O)c1ccc(CN(Cc2cc3ccccc3nc2Cl)C2CC2)cc1. The zero-order chi connectivity index (χ0) is 18.1. The second-order valence-electron chi connectivity index (χ2n) is 6.83. The number of carbonyl (C=O) groups excluding carboxylic acids is 1. The monoisotopic (exact) mass is 365 g/mol. The van der Waals surface area contributed by atoms with Gasteiger partial charge in [0.2, 0.25) is 5.91 Å². The molecule has 0 spiro atoms. The molecule has 0 saturated heterocycles. The molecule has 4 rings (SSSR count). The molecule has 132 valence electrons.